The smallest absolute Gasteiger partial charge is 0.184 e. The van der Waals surface area contributed by atoms with Gasteiger partial charge >= 0.3 is 0 Å². The molecule has 0 saturated heterocycles. The van der Waals surface area contributed by atoms with E-state index in [4.69, 9.17) is 4.43 Å². The highest BCUT2D eigenvalue weighted by molar-refractivity contribution is 6.69. The summed E-state index contributed by atoms with van der Waals surface area (Å²) in [5, 5.41) is 0. The molecule has 0 heterocycles. The summed E-state index contributed by atoms with van der Waals surface area (Å²) in [7, 11) is -1.52. The Kier molecular flexibility index (Phi) is 5.14. The largest absolute Gasteiger partial charge is 0.409 e. The van der Waals surface area contributed by atoms with Crippen molar-refractivity contribution in [2.45, 2.75) is 91.0 Å². The number of allylic oxidation sites excluding steroid dienone is 1. The van der Waals surface area contributed by atoms with Gasteiger partial charge in [0.2, 0.25) is 0 Å². The van der Waals surface area contributed by atoms with E-state index in [2.05, 4.69) is 52.6 Å². The van der Waals surface area contributed by atoms with Crippen LogP contribution in [0.2, 0.25) is 19.6 Å². The zero-order valence-electron chi connectivity index (χ0n) is 17.2. The second-order valence-electron chi connectivity index (χ2n) is 10.6. The highest BCUT2D eigenvalue weighted by Crippen LogP contribution is 2.57. The third kappa shape index (κ3) is 3.97. The summed E-state index contributed by atoms with van der Waals surface area (Å²) >= 11 is 0. The predicted octanol–water partition coefficient (Wildman–Crippen LogP) is 5.98. The minimum atomic E-state index is -1.52. The molecular weight excluding hydrogens is 324 g/mol. The van der Waals surface area contributed by atoms with E-state index in [0.717, 1.165) is 31.6 Å². The lowest BCUT2D eigenvalue weighted by Crippen LogP contribution is -2.40. The molecule has 0 amide bonds. The summed E-state index contributed by atoms with van der Waals surface area (Å²) in [6.45, 7) is 14.0. The number of ketones is 1. The number of carbonyl (C=O) groups is 1. The van der Waals surface area contributed by atoms with Crippen LogP contribution in [0.1, 0.15) is 65.7 Å². The Morgan fingerprint density at radius 1 is 1.28 bits per heavy atom. The molecular formula is C22H38O2Si. The monoisotopic (exact) mass is 362 g/mol. The van der Waals surface area contributed by atoms with Gasteiger partial charge in [0.15, 0.2) is 8.32 Å². The average molecular weight is 363 g/mol. The summed E-state index contributed by atoms with van der Waals surface area (Å²) in [6, 6.07) is 0. The Morgan fingerprint density at radius 2 is 2.00 bits per heavy atom. The lowest BCUT2D eigenvalue weighted by atomic mass is 9.61. The van der Waals surface area contributed by atoms with Crippen LogP contribution in [0.3, 0.4) is 0 Å². The minimum Gasteiger partial charge on any atom is -0.409 e. The molecule has 3 aliphatic carbocycles. The lowest BCUT2D eigenvalue weighted by Gasteiger charge is -2.42. The van der Waals surface area contributed by atoms with E-state index in [1.807, 2.05) is 0 Å². The maximum Gasteiger partial charge on any atom is 0.184 e. The highest BCUT2D eigenvalue weighted by Gasteiger charge is 2.52. The van der Waals surface area contributed by atoms with E-state index in [9.17, 15) is 4.79 Å². The number of hydrogen-bond acceptors (Lipinski definition) is 2. The zero-order chi connectivity index (χ0) is 18.5. The van der Waals surface area contributed by atoms with E-state index < -0.39 is 8.32 Å². The van der Waals surface area contributed by atoms with Gasteiger partial charge in [0, 0.05) is 12.3 Å². The van der Waals surface area contributed by atoms with Crippen LogP contribution in [0.15, 0.2) is 12.2 Å². The SMILES string of the molecule is C[C@H](C[C@H]1C=C[C@@](C)(O[Si](C)(C)C)C1)[C@H]1CCC2C(=O)CCC[C@]21C. The van der Waals surface area contributed by atoms with Crippen LogP contribution < -0.4 is 0 Å². The van der Waals surface area contributed by atoms with Gasteiger partial charge in [-0.1, -0.05) is 26.0 Å². The Bertz CT molecular complexity index is 549. The summed E-state index contributed by atoms with van der Waals surface area (Å²) in [6.07, 6.45) is 12.7. The lowest BCUT2D eigenvalue weighted by molar-refractivity contribution is -0.130. The van der Waals surface area contributed by atoms with Gasteiger partial charge in [-0.05, 0) is 88.3 Å². The van der Waals surface area contributed by atoms with Crippen LogP contribution >= 0.6 is 0 Å². The Labute approximate surface area is 155 Å². The van der Waals surface area contributed by atoms with Crippen LogP contribution in [0, 0.1) is 29.1 Å². The quantitative estimate of drug-likeness (QED) is 0.444. The van der Waals surface area contributed by atoms with Gasteiger partial charge in [-0.15, -0.1) is 0 Å². The first-order valence-corrected chi connectivity index (χ1v) is 13.9. The van der Waals surface area contributed by atoms with E-state index in [0.29, 0.717) is 23.5 Å². The second kappa shape index (κ2) is 6.63. The van der Waals surface area contributed by atoms with E-state index in [1.165, 1.54) is 19.3 Å². The van der Waals surface area contributed by atoms with Crippen molar-refractivity contribution in [3.05, 3.63) is 12.2 Å². The van der Waals surface area contributed by atoms with Gasteiger partial charge < -0.3 is 4.43 Å². The molecule has 0 radical (unpaired) electrons. The van der Waals surface area contributed by atoms with Crippen molar-refractivity contribution in [3.8, 4) is 0 Å². The highest BCUT2D eigenvalue weighted by atomic mass is 28.4. The fourth-order valence-electron chi connectivity index (χ4n) is 6.48. The van der Waals surface area contributed by atoms with Gasteiger partial charge in [0.1, 0.15) is 5.78 Å². The molecule has 0 aromatic carbocycles. The molecule has 2 nitrogen and oxygen atoms in total. The van der Waals surface area contributed by atoms with Crippen molar-refractivity contribution in [2.24, 2.45) is 29.1 Å². The van der Waals surface area contributed by atoms with Gasteiger partial charge in [-0.25, -0.2) is 0 Å². The topological polar surface area (TPSA) is 26.3 Å². The van der Waals surface area contributed by atoms with Gasteiger partial charge in [-0.3, -0.25) is 4.79 Å². The normalized spacial score (nSPS) is 42.6. The molecule has 0 N–H and O–H groups in total. The first-order chi connectivity index (χ1) is 11.5. The number of carbonyl (C=O) groups excluding carboxylic acids is 1. The molecule has 3 aliphatic rings. The third-order valence-electron chi connectivity index (χ3n) is 7.23. The molecule has 3 rings (SSSR count). The van der Waals surface area contributed by atoms with E-state index in [1.54, 1.807) is 0 Å². The van der Waals surface area contributed by atoms with Gasteiger partial charge in [0.05, 0.1) is 5.60 Å². The molecule has 2 saturated carbocycles. The molecule has 6 atom stereocenters. The van der Waals surface area contributed by atoms with Crippen molar-refractivity contribution < 1.29 is 9.22 Å². The summed E-state index contributed by atoms with van der Waals surface area (Å²) in [5.74, 6) is 2.97. The Morgan fingerprint density at radius 3 is 2.68 bits per heavy atom. The summed E-state index contributed by atoms with van der Waals surface area (Å²) in [4.78, 5) is 12.4. The maximum absolute atomic E-state index is 12.4. The van der Waals surface area contributed by atoms with Gasteiger partial charge in [-0.2, -0.15) is 0 Å². The van der Waals surface area contributed by atoms with Crippen LogP contribution in [0.4, 0.5) is 0 Å². The standard InChI is InChI=1S/C22H38O2Si/c1-16(14-17-11-13-21(2,15-17)24-25(4,5)6)18-9-10-19-20(23)8-7-12-22(18,19)3/h11,13,16-19H,7-10,12,14-15H2,1-6H3/t16-,17-,18-,19?,21-,22+/m1/s1. The number of Topliss-reactive ketones (excluding diaryl/α,β-unsaturated/α-hetero) is 1. The first kappa shape index (κ1) is 19.4. The average Bonchev–Trinajstić information content (AvgIpc) is 2.98. The molecule has 0 aromatic heterocycles. The van der Waals surface area contributed by atoms with Crippen molar-refractivity contribution in [3.63, 3.8) is 0 Å². The fourth-order valence-corrected chi connectivity index (χ4v) is 8.03. The second-order valence-corrected chi connectivity index (χ2v) is 15.1. The number of fused-ring (bicyclic) bond motifs is 1. The van der Waals surface area contributed by atoms with Crippen molar-refractivity contribution in [2.75, 3.05) is 0 Å². The molecule has 0 aliphatic heterocycles. The first-order valence-electron chi connectivity index (χ1n) is 10.4. The Hall–Kier alpha value is -0.413. The molecule has 142 valence electrons. The molecule has 25 heavy (non-hydrogen) atoms. The molecule has 1 unspecified atom stereocenters. The van der Waals surface area contributed by atoms with Crippen LogP contribution in [0.25, 0.3) is 0 Å². The van der Waals surface area contributed by atoms with Crippen molar-refractivity contribution in [1.29, 1.82) is 0 Å². The summed E-state index contributed by atoms with van der Waals surface area (Å²) in [5.41, 5.74) is 0.215. The molecule has 0 aromatic rings. The van der Waals surface area contributed by atoms with Crippen LogP contribution in [-0.4, -0.2) is 19.7 Å². The molecule has 2 fully saturated rings. The maximum atomic E-state index is 12.4. The van der Waals surface area contributed by atoms with E-state index in [-0.39, 0.29) is 11.0 Å². The van der Waals surface area contributed by atoms with Crippen LogP contribution in [-0.2, 0) is 9.22 Å². The Balaban J connectivity index is 1.61. The molecule has 0 bridgehead atoms. The zero-order valence-corrected chi connectivity index (χ0v) is 18.2. The van der Waals surface area contributed by atoms with E-state index >= 15 is 0 Å². The third-order valence-corrected chi connectivity index (χ3v) is 8.30. The van der Waals surface area contributed by atoms with Gasteiger partial charge in [0.25, 0.3) is 0 Å². The van der Waals surface area contributed by atoms with Crippen molar-refractivity contribution in [1.82, 2.24) is 0 Å². The van der Waals surface area contributed by atoms with Crippen molar-refractivity contribution >= 4 is 14.1 Å². The minimum absolute atomic E-state index is 0.0578. The molecule has 3 heteroatoms. The summed E-state index contributed by atoms with van der Waals surface area (Å²) < 4.78 is 6.45. The fraction of sp³-hybridized carbons (Fsp3) is 0.864. The number of rotatable bonds is 5. The predicted molar refractivity (Wildman–Crippen MR) is 107 cm³/mol. The number of hydrogen-bond donors (Lipinski definition) is 0. The van der Waals surface area contributed by atoms with Crippen LogP contribution in [0.5, 0.6) is 0 Å². The molecule has 0 spiro atoms.